The largest absolute Gasteiger partial charge is 0.480 e. The standard InChI is InChI=1S/C37H68N10O13/c1-17(2)13-24(44-35(57)26(16-48)45-30(52)19(5)39)32(54)40-15-27(51)42-25(14-18(3)4)34(56)41-20(6)31(53)43-23(11-9-10-12-38)33(55)46-28(21(7)49)36(58)47-29(22(8)50)37(59)60/h17-26,28-29,48-50H,9-16,38-39H2,1-8H3,(H,40,54)(H,41,56)(H,42,51)(H,43,53)(H,44,57)(H,45,52)(H,46,55)(H,47,58)(H,59,60)/t19-,20-,21+,22+,23-,24-,25-,26-,28-,29-/m0/s1. The molecular formula is C37H68N10O13. The Bertz CT molecular complexity index is 1460. The van der Waals surface area contributed by atoms with E-state index in [1.165, 1.54) is 13.8 Å². The molecule has 8 amide bonds. The molecule has 0 rings (SSSR count). The van der Waals surface area contributed by atoms with E-state index in [4.69, 9.17) is 11.5 Å². The first-order chi connectivity index (χ1) is 27.9. The van der Waals surface area contributed by atoms with Gasteiger partial charge in [-0.1, -0.05) is 27.7 Å². The summed E-state index contributed by atoms with van der Waals surface area (Å²) in [5, 5.41) is 58.0. The summed E-state index contributed by atoms with van der Waals surface area (Å²) in [5.41, 5.74) is 11.1. The van der Waals surface area contributed by atoms with Crippen LogP contribution in [0.2, 0.25) is 0 Å². The molecule has 0 radical (unpaired) electrons. The van der Waals surface area contributed by atoms with Gasteiger partial charge in [0.1, 0.15) is 36.3 Å². The molecule has 0 spiro atoms. The van der Waals surface area contributed by atoms with E-state index in [1.54, 1.807) is 27.7 Å². The maximum absolute atomic E-state index is 13.4. The first-order valence-corrected chi connectivity index (χ1v) is 19.9. The summed E-state index contributed by atoms with van der Waals surface area (Å²) < 4.78 is 0. The van der Waals surface area contributed by atoms with E-state index in [1.807, 2.05) is 0 Å². The third-order valence-corrected chi connectivity index (χ3v) is 8.79. The van der Waals surface area contributed by atoms with Gasteiger partial charge in [-0.3, -0.25) is 38.4 Å². The van der Waals surface area contributed by atoms with Crippen molar-refractivity contribution < 1.29 is 63.6 Å². The molecule has 0 saturated carbocycles. The van der Waals surface area contributed by atoms with Gasteiger partial charge in [0.2, 0.25) is 47.3 Å². The van der Waals surface area contributed by atoms with Crippen molar-refractivity contribution in [1.82, 2.24) is 42.5 Å². The Morgan fingerprint density at radius 3 is 1.47 bits per heavy atom. The van der Waals surface area contributed by atoms with Crippen LogP contribution in [0.4, 0.5) is 0 Å². The van der Waals surface area contributed by atoms with E-state index in [0.29, 0.717) is 12.8 Å². The summed E-state index contributed by atoms with van der Waals surface area (Å²) in [6.45, 7) is 11.0. The highest BCUT2D eigenvalue weighted by atomic mass is 16.4. The molecule has 0 aromatic rings. The maximum atomic E-state index is 13.4. The molecule has 0 saturated heterocycles. The Kier molecular flexibility index (Phi) is 25.4. The number of hydrogen-bond acceptors (Lipinski definition) is 14. The smallest absolute Gasteiger partial charge is 0.328 e. The fourth-order valence-electron chi connectivity index (χ4n) is 5.44. The monoisotopic (exact) mass is 860 g/mol. The minimum Gasteiger partial charge on any atom is -0.480 e. The normalized spacial score (nSPS) is 16.2. The van der Waals surface area contributed by atoms with Crippen LogP contribution in [-0.2, 0) is 43.2 Å². The minimum absolute atomic E-state index is 0.0145. The van der Waals surface area contributed by atoms with E-state index in [9.17, 15) is 63.6 Å². The van der Waals surface area contributed by atoms with Gasteiger partial charge in [0.05, 0.1) is 31.4 Å². The Labute approximate surface area is 350 Å². The summed E-state index contributed by atoms with van der Waals surface area (Å²) in [4.78, 5) is 115. The second-order valence-electron chi connectivity index (χ2n) is 15.6. The van der Waals surface area contributed by atoms with E-state index in [0.717, 1.165) is 13.8 Å². The van der Waals surface area contributed by atoms with E-state index < -0.39 is 127 Å². The molecule has 0 aromatic carbocycles. The van der Waals surface area contributed by atoms with Gasteiger partial charge >= 0.3 is 5.97 Å². The van der Waals surface area contributed by atoms with Crippen molar-refractivity contribution in [3.8, 4) is 0 Å². The molecule has 0 aromatic heterocycles. The van der Waals surface area contributed by atoms with Crippen LogP contribution in [0.1, 0.15) is 87.5 Å². The molecule has 0 aliphatic carbocycles. The zero-order valence-electron chi connectivity index (χ0n) is 35.7. The van der Waals surface area contributed by atoms with Crippen LogP contribution in [0, 0.1) is 11.8 Å². The zero-order chi connectivity index (χ0) is 46.4. The van der Waals surface area contributed by atoms with Gasteiger partial charge in [-0.05, 0) is 78.2 Å². The van der Waals surface area contributed by atoms with Crippen molar-refractivity contribution in [2.45, 2.75) is 148 Å². The maximum Gasteiger partial charge on any atom is 0.328 e. The Morgan fingerprint density at radius 2 is 1.00 bits per heavy atom. The molecule has 16 N–H and O–H groups in total. The highest BCUT2D eigenvalue weighted by Gasteiger charge is 2.35. The number of unbranched alkanes of at least 4 members (excludes halogenated alkanes) is 1. The topological polar surface area (TPSA) is 383 Å². The minimum atomic E-state index is -1.75. The highest BCUT2D eigenvalue weighted by molar-refractivity contribution is 5.97. The number of carbonyl (C=O) groups excluding carboxylic acids is 8. The fourth-order valence-corrected chi connectivity index (χ4v) is 5.44. The number of carboxylic acid groups (broad SMARTS) is 1. The van der Waals surface area contributed by atoms with Gasteiger partial charge in [-0.2, -0.15) is 0 Å². The Morgan fingerprint density at radius 1 is 0.533 bits per heavy atom. The summed E-state index contributed by atoms with van der Waals surface area (Å²) in [6, 6.07) is -10.8. The number of nitrogens with one attached hydrogen (secondary N) is 8. The number of carboxylic acids is 1. The van der Waals surface area contributed by atoms with Crippen molar-refractivity contribution in [2.75, 3.05) is 19.7 Å². The Hall–Kier alpha value is -4.97. The van der Waals surface area contributed by atoms with Gasteiger partial charge < -0.3 is 74.4 Å². The lowest BCUT2D eigenvalue weighted by atomic mass is 10.0. The summed E-state index contributed by atoms with van der Waals surface area (Å²) in [5.74, 6) is -8.58. The van der Waals surface area contributed by atoms with Crippen LogP contribution in [0.15, 0.2) is 0 Å². The van der Waals surface area contributed by atoms with E-state index in [-0.39, 0.29) is 37.6 Å². The SMILES string of the molecule is CC(C)C[C@H](NC(=O)CNC(=O)[C@H](CC(C)C)NC(=O)[C@H](CO)NC(=O)[C@H](C)N)C(=O)N[C@@H](C)C(=O)N[C@@H](CCCCN)C(=O)N[C@H](C(=O)N[C@H](C(=O)O)[C@@H](C)O)[C@@H](C)O. The molecule has 10 atom stereocenters. The molecule has 23 nitrogen and oxygen atoms in total. The molecular weight excluding hydrogens is 792 g/mol. The number of nitrogens with two attached hydrogens (primary N) is 2. The lowest BCUT2D eigenvalue weighted by Crippen LogP contribution is -2.61. The van der Waals surface area contributed by atoms with Crippen molar-refractivity contribution in [3.63, 3.8) is 0 Å². The van der Waals surface area contributed by atoms with Gasteiger partial charge in [0.25, 0.3) is 0 Å². The predicted octanol–water partition coefficient (Wildman–Crippen LogP) is -5.08. The molecule has 0 bridgehead atoms. The van der Waals surface area contributed by atoms with Crippen LogP contribution >= 0.6 is 0 Å². The van der Waals surface area contributed by atoms with Gasteiger partial charge in [0, 0.05) is 0 Å². The summed E-state index contributed by atoms with van der Waals surface area (Å²) in [7, 11) is 0. The number of aliphatic hydroxyl groups excluding tert-OH is 3. The number of hydrogen-bond donors (Lipinski definition) is 14. The number of aliphatic carboxylic acids is 1. The molecule has 0 unspecified atom stereocenters. The van der Waals surface area contributed by atoms with Crippen LogP contribution in [0.5, 0.6) is 0 Å². The van der Waals surface area contributed by atoms with E-state index in [2.05, 4.69) is 42.5 Å². The van der Waals surface area contributed by atoms with Crippen molar-refractivity contribution >= 4 is 53.2 Å². The third kappa shape index (κ3) is 20.8. The number of amides is 8. The second kappa shape index (κ2) is 27.7. The quantitative estimate of drug-likeness (QED) is 0.0327. The zero-order valence-corrected chi connectivity index (χ0v) is 35.7. The van der Waals surface area contributed by atoms with Crippen LogP contribution in [0.25, 0.3) is 0 Å². The molecule has 23 heteroatoms. The highest BCUT2D eigenvalue weighted by Crippen LogP contribution is 2.09. The average molecular weight is 861 g/mol. The first-order valence-electron chi connectivity index (χ1n) is 19.9. The van der Waals surface area contributed by atoms with Gasteiger partial charge in [-0.15, -0.1) is 0 Å². The number of rotatable bonds is 28. The van der Waals surface area contributed by atoms with Crippen molar-refractivity contribution in [3.05, 3.63) is 0 Å². The van der Waals surface area contributed by atoms with Crippen LogP contribution < -0.4 is 54.0 Å². The molecule has 0 heterocycles. The third-order valence-electron chi connectivity index (χ3n) is 8.79. The summed E-state index contributed by atoms with van der Waals surface area (Å²) in [6.07, 6.45) is -2.03. The molecule has 0 fully saturated rings. The molecule has 60 heavy (non-hydrogen) atoms. The lowest BCUT2D eigenvalue weighted by molar-refractivity contribution is -0.146. The summed E-state index contributed by atoms with van der Waals surface area (Å²) >= 11 is 0. The average Bonchev–Trinajstić information content (AvgIpc) is 3.14. The molecule has 344 valence electrons. The van der Waals surface area contributed by atoms with E-state index >= 15 is 0 Å². The predicted molar refractivity (Wildman–Crippen MR) is 216 cm³/mol. The Balaban J connectivity index is 5.82. The number of aliphatic hydroxyl groups is 3. The van der Waals surface area contributed by atoms with Gasteiger partial charge in [-0.25, -0.2) is 4.79 Å². The lowest BCUT2D eigenvalue weighted by Gasteiger charge is -2.27. The van der Waals surface area contributed by atoms with Crippen molar-refractivity contribution in [1.29, 1.82) is 0 Å². The van der Waals surface area contributed by atoms with Crippen LogP contribution in [0.3, 0.4) is 0 Å². The van der Waals surface area contributed by atoms with Gasteiger partial charge in [0.15, 0.2) is 6.04 Å². The van der Waals surface area contributed by atoms with Crippen LogP contribution in [-0.4, -0.2) is 154 Å². The molecule has 0 aliphatic heterocycles. The number of carbonyl (C=O) groups is 9. The fraction of sp³-hybridized carbons (Fsp3) is 0.757. The van der Waals surface area contributed by atoms with Crippen molar-refractivity contribution in [2.24, 2.45) is 23.3 Å². The second-order valence-corrected chi connectivity index (χ2v) is 15.6. The molecule has 0 aliphatic rings. The first kappa shape index (κ1) is 55.0.